The van der Waals surface area contributed by atoms with Crippen LogP contribution in [0.5, 0.6) is 0 Å². The quantitative estimate of drug-likeness (QED) is 0.0479. The Hall–Kier alpha value is -0.690. The first-order valence-electron chi connectivity index (χ1n) is 23.6. The number of carbonyl (C=O) groups is 1. The van der Waals surface area contributed by atoms with Gasteiger partial charge in [0.2, 0.25) is 0 Å². The van der Waals surface area contributed by atoms with E-state index in [1.54, 1.807) is 0 Å². The van der Waals surface area contributed by atoms with Crippen molar-refractivity contribution in [2.24, 2.45) is 11.8 Å². The van der Waals surface area contributed by atoms with Gasteiger partial charge in [0, 0.05) is 33.5 Å². The summed E-state index contributed by atoms with van der Waals surface area (Å²) in [4.78, 5) is 14.7. The van der Waals surface area contributed by atoms with Crippen molar-refractivity contribution < 1.29 is 24.5 Å². The van der Waals surface area contributed by atoms with Crippen LogP contribution in [-0.4, -0.2) is 74.3 Å². The molecule has 322 valence electrons. The Bertz CT molecular complexity index is 640. The zero-order valence-corrected chi connectivity index (χ0v) is 37.4. The summed E-state index contributed by atoms with van der Waals surface area (Å²) in [5.74, 6) is 1.01. The van der Waals surface area contributed by atoms with E-state index in [4.69, 9.17) is 19.7 Å². The summed E-state index contributed by atoms with van der Waals surface area (Å²) in [6, 6.07) is 0. The Kier molecular flexibility index (Phi) is 54.8. The van der Waals surface area contributed by atoms with Gasteiger partial charge >= 0.3 is 5.97 Å². The molecule has 0 aromatic heterocycles. The van der Waals surface area contributed by atoms with E-state index in [0.717, 1.165) is 64.9 Å². The van der Waals surface area contributed by atoms with Crippen LogP contribution in [0.2, 0.25) is 0 Å². The summed E-state index contributed by atoms with van der Waals surface area (Å²) in [6.45, 7) is 19.8. The van der Waals surface area contributed by atoms with Crippen molar-refractivity contribution in [1.29, 1.82) is 0 Å². The van der Waals surface area contributed by atoms with E-state index < -0.39 is 0 Å². The fourth-order valence-corrected chi connectivity index (χ4v) is 6.83. The minimum atomic E-state index is 0.0636. The molecule has 0 spiro atoms. The van der Waals surface area contributed by atoms with E-state index in [9.17, 15) is 4.79 Å². The van der Waals surface area contributed by atoms with Crippen LogP contribution in [0.1, 0.15) is 234 Å². The third kappa shape index (κ3) is 45.6. The third-order valence-electron chi connectivity index (χ3n) is 10.4. The molecule has 0 amide bonds. The number of carbonyl (C=O) groups excluding carboxylic acids is 1. The highest BCUT2D eigenvalue weighted by atomic mass is 16.5. The highest BCUT2D eigenvalue weighted by Crippen LogP contribution is 2.20. The lowest BCUT2D eigenvalue weighted by molar-refractivity contribution is -0.149. The number of aliphatic hydroxyl groups is 2. The second kappa shape index (κ2) is 51.3. The Morgan fingerprint density at radius 3 is 1.47 bits per heavy atom. The SMILES string of the molecule is CCCCCCC(CCCC)COCCCCCCCCCN(CCCC)CCCO.CCCCCCC(CCCCC)C(=O)OCCCCC.CO. The van der Waals surface area contributed by atoms with Crippen LogP contribution in [0.15, 0.2) is 0 Å². The van der Waals surface area contributed by atoms with Crippen LogP contribution in [-0.2, 0) is 14.3 Å². The van der Waals surface area contributed by atoms with Gasteiger partial charge in [0.1, 0.15) is 0 Å². The molecule has 0 bridgehead atoms. The molecule has 0 heterocycles. The Labute approximate surface area is 333 Å². The number of esters is 1. The predicted octanol–water partition coefficient (Wildman–Crippen LogP) is 13.5. The van der Waals surface area contributed by atoms with Crippen molar-refractivity contribution in [2.45, 2.75) is 234 Å². The van der Waals surface area contributed by atoms with Crippen molar-refractivity contribution in [3.63, 3.8) is 0 Å². The molecular formula is C47H99NO5. The van der Waals surface area contributed by atoms with E-state index >= 15 is 0 Å². The van der Waals surface area contributed by atoms with Crippen molar-refractivity contribution in [3.8, 4) is 0 Å². The highest BCUT2D eigenvalue weighted by molar-refractivity contribution is 5.72. The zero-order valence-electron chi connectivity index (χ0n) is 37.4. The summed E-state index contributed by atoms with van der Waals surface area (Å²) in [7, 11) is 1.00. The van der Waals surface area contributed by atoms with Crippen LogP contribution in [0.25, 0.3) is 0 Å². The number of hydrogen-bond donors (Lipinski definition) is 2. The first-order valence-corrected chi connectivity index (χ1v) is 23.6. The van der Waals surface area contributed by atoms with Crippen LogP contribution >= 0.6 is 0 Å². The third-order valence-corrected chi connectivity index (χ3v) is 10.4. The van der Waals surface area contributed by atoms with E-state index in [-0.39, 0.29) is 11.9 Å². The van der Waals surface area contributed by atoms with Crippen molar-refractivity contribution in [2.75, 3.05) is 53.2 Å². The maximum atomic E-state index is 12.1. The maximum Gasteiger partial charge on any atom is 0.308 e. The normalized spacial score (nSPS) is 12.2. The van der Waals surface area contributed by atoms with Crippen LogP contribution in [0, 0.1) is 11.8 Å². The molecule has 0 aromatic carbocycles. The number of rotatable bonds is 40. The lowest BCUT2D eigenvalue weighted by Crippen LogP contribution is -2.27. The predicted molar refractivity (Wildman–Crippen MR) is 233 cm³/mol. The summed E-state index contributed by atoms with van der Waals surface area (Å²) in [6.07, 6.45) is 37.7. The van der Waals surface area contributed by atoms with Crippen molar-refractivity contribution >= 4 is 5.97 Å². The van der Waals surface area contributed by atoms with Crippen molar-refractivity contribution in [1.82, 2.24) is 4.90 Å². The minimum Gasteiger partial charge on any atom is -0.465 e. The second-order valence-corrected chi connectivity index (χ2v) is 15.6. The number of unbranched alkanes of at least 4 members (excludes halogenated alkanes) is 18. The van der Waals surface area contributed by atoms with E-state index in [1.165, 1.54) is 174 Å². The lowest BCUT2D eigenvalue weighted by Gasteiger charge is -2.21. The lowest BCUT2D eigenvalue weighted by atomic mass is 9.95. The van der Waals surface area contributed by atoms with Crippen LogP contribution in [0.4, 0.5) is 0 Å². The van der Waals surface area contributed by atoms with Gasteiger partial charge in [-0.25, -0.2) is 0 Å². The van der Waals surface area contributed by atoms with Gasteiger partial charge in [-0.15, -0.1) is 0 Å². The fraction of sp³-hybridized carbons (Fsp3) is 0.979. The van der Waals surface area contributed by atoms with E-state index in [2.05, 4.69) is 46.4 Å². The molecule has 0 aromatic rings. The molecule has 6 nitrogen and oxygen atoms in total. The molecule has 2 atom stereocenters. The first-order chi connectivity index (χ1) is 26.0. The second-order valence-electron chi connectivity index (χ2n) is 15.6. The minimum absolute atomic E-state index is 0.0636. The zero-order chi connectivity index (χ0) is 39.9. The van der Waals surface area contributed by atoms with Gasteiger partial charge in [-0.1, -0.05) is 176 Å². The maximum absolute atomic E-state index is 12.1. The number of nitrogens with zero attached hydrogens (tertiary/aromatic N) is 1. The molecule has 2 N–H and O–H groups in total. The fourth-order valence-electron chi connectivity index (χ4n) is 6.83. The molecule has 0 fully saturated rings. The number of hydrogen-bond acceptors (Lipinski definition) is 6. The van der Waals surface area contributed by atoms with Gasteiger partial charge in [0.05, 0.1) is 12.5 Å². The van der Waals surface area contributed by atoms with Gasteiger partial charge in [-0.2, -0.15) is 0 Å². The smallest absolute Gasteiger partial charge is 0.308 e. The molecule has 0 saturated carbocycles. The Morgan fingerprint density at radius 2 is 0.887 bits per heavy atom. The monoisotopic (exact) mass is 758 g/mol. The van der Waals surface area contributed by atoms with Gasteiger partial charge in [-0.3, -0.25) is 4.79 Å². The number of ether oxygens (including phenoxy) is 2. The molecule has 0 radical (unpaired) electrons. The average molecular weight is 758 g/mol. The average Bonchev–Trinajstić information content (AvgIpc) is 3.18. The highest BCUT2D eigenvalue weighted by Gasteiger charge is 2.19. The Morgan fingerprint density at radius 1 is 0.472 bits per heavy atom. The van der Waals surface area contributed by atoms with Gasteiger partial charge in [-0.05, 0) is 76.8 Å². The van der Waals surface area contributed by atoms with Crippen LogP contribution < -0.4 is 0 Å². The van der Waals surface area contributed by atoms with Crippen LogP contribution in [0.3, 0.4) is 0 Å². The standard InChI is InChI=1S/C28H59NO2.C18H36O2.CH4O/c1-4-7-10-16-21-28(20-8-5-2)27-31-26-18-15-13-11-12-14-17-23-29(22-9-6-3)24-19-25-30;1-4-7-10-12-15-17(14-11-8-5-2)18(19)20-16-13-9-6-3;1-2/h28,30H,4-27H2,1-3H3;17H,4-16H2,1-3H3;2H,1H3. The van der Waals surface area contributed by atoms with E-state index in [1.807, 2.05) is 0 Å². The molecular weight excluding hydrogens is 659 g/mol. The first kappa shape index (κ1) is 56.6. The summed E-state index contributed by atoms with van der Waals surface area (Å²) in [5, 5.41) is 16.1. The van der Waals surface area contributed by atoms with Gasteiger partial charge < -0.3 is 24.6 Å². The van der Waals surface area contributed by atoms with Crippen molar-refractivity contribution in [3.05, 3.63) is 0 Å². The molecule has 2 unspecified atom stereocenters. The molecule has 53 heavy (non-hydrogen) atoms. The molecule has 0 aliphatic rings. The largest absolute Gasteiger partial charge is 0.465 e. The van der Waals surface area contributed by atoms with Gasteiger partial charge in [0.15, 0.2) is 0 Å². The van der Waals surface area contributed by atoms with E-state index in [0.29, 0.717) is 13.2 Å². The molecule has 0 saturated heterocycles. The molecule has 6 heteroatoms. The Balaban J connectivity index is -0.000000980. The summed E-state index contributed by atoms with van der Waals surface area (Å²) in [5.41, 5.74) is 0. The topological polar surface area (TPSA) is 79.2 Å². The number of aliphatic hydroxyl groups excluding tert-OH is 2. The summed E-state index contributed by atoms with van der Waals surface area (Å²) >= 11 is 0. The summed E-state index contributed by atoms with van der Waals surface area (Å²) < 4.78 is 11.5. The van der Waals surface area contributed by atoms with Gasteiger partial charge in [0.25, 0.3) is 0 Å². The molecule has 0 rings (SSSR count). The molecule has 0 aliphatic carbocycles. The molecule has 0 aliphatic heterocycles.